The summed E-state index contributed by atoms with van der Waals surface area (Å²) in [4.78, 5) is 0. The molecule has 1 heterocycles. The van der Waals surface area contributed by atoms with Gasteiger partial charge in [0, 0.05) is 5.92 Å². The molecule has 0 aliphatic heterocycles. The summed E-state index contributed by atoms with van der Waals surface area (Å²) in [7, 11) is 0. The minimum absolute atomic E-state index is 0.281. The number of aryl methyl sites for hydroxylation is 1. The second kappa shape index (κ2) is 3.80. The fourth-order valence-electron chi connectivity index (χ4n) is 2.85. The molecule has 0 aromatic carbocycles. The van der Waals surface area contributed by atoms with E-state index >= 15 is 0 Å². The maximum atomic E-state index is 5.72. The molecule has 0 spiro atoms. The van der Waals surface area contributed by atoms with E-state index in [9.17, 15) is 0 Å². The summed E-state index contributed by atoms with van der Waals surface area (Å²) in [6, 6.07) is 2.18. The van der Waals surface area contributed by atoms with E-state index in [4.69, 9.17) is 4.42 Å². The second-order valence-electron chi connectivity index (χ2n) is 5.87. The largest absolute Gasteiger partial charge is 0.468 e. The van der Waals surface area contributed by atoms with Crippen LogP contribution in [-0.2, 0) is 0 Å². The van der Waals surface area contributed by atoms with Crippen LogP contribution in [0.1, 0.15) is 51.4 Å². The van der Waals surface area contributed by atoms with E-state index < -0.39 is 0 Å². The van der Waals surface area contributed by atoms with Gasteiger partial charge in [-0.3, -0.25) is 0 Å². The molecule has 0 radical (unpaired) electrons. The topological polar surface area (TPSA) is 13.1 Å². The molecule has 0 saturated heterocycles. The molecular formula is C15H22O. The average molecular weight is 218 g/mol. The van der Waals surface area contributed by atoms with Crippen molar-refractivity contribution in [2.24, 2.45) is 11.3 Å². The van der Waals surface area contributed by atoms with Crippen LogP contribution in [-0.4, -0.2) is 0 Å². The van der Waals surface area contributed by atoms with Crippen molar-refractivity contribution in [2.45, 2.75) is 47.0 Å². The highest BCUT2D eigenvalue weighted by Gasteiger charge is 2.40. The van der Waals surface area contributed by atoms with Crippen LogP contribution in [0.4, 0.5) is 0 Å². The summed E-state index contributed by atoms with van der Waals surface area (Å²) in [5.74, 6) is 2.26. The van der Waals surface area contributed by atoms with Gasteiger partial charge in [-0.15, -0.1) is 0 Å². The van der Waals surface area contributed by atoms with E-state index in [0.717, 1.165) is 5.76 Å². The van der Waals surface area contributed by atoms with Gasteiger partial charge in [0.15, 0.2) is 0 Å². The Balaban J connectivity index is 2.44. The van der Waals surface area contributed by atoms with Crippen LogP contribution in [0.25, 0.3) is 0 Å². The van der Waals surface area contributed by atoms with E-state index in [-0.39, 0.29) is 5.41 Å². The average Bonchev–Trinajstić information content (AvgIpc) is 2.59. The Morgan fingerprint density at radius 3 is 2.56 bits per heavy atom. The van der Waals surface area contributed by atoms with Crippen molar-refractivity contribution in [1.82, 2.24) is 0 Å². The summed E-state index contributed by atoms with van der Waals surface area (Å²) < 4.78 is 5.72. The molecule has 88 valence electrons. The number of hydrogen-bond donors (Lipinski definition) is 0. The summed E-state index contributed by atoms with van der Waals surface area (Å²) in [5.41, 5.74) is 2.96. The molecule has 0 bridgehead atoms. The van der Waals surface area contributed by atoms with Crippen LogP contribution in [0, 0.1) is 18.3 Å². The van der Waals surface area contributed by atoms with Crippen molar-refractivity contribution in [3.63, 3.8) is 0 Å². The molecular weight excluding hydrogens is 196 g/mol. The van der Waals surface area contributed by atoms with Crippen LogP contribution < -0.4 is 0 Å². The van der Waals surface area contributed by atoms with Gasteiger partial charge in [0.1, 0.15) is 5.76 Å². The van der Waals surface area contributed by atoms with Gasteiger partial charge in [-0.1, -0.05) is 32.4 Å². The molecule has 0 unspecified atom stereocenters. The van der Waals surface area contributed by atoms with Crippen LogP contribution in [0.15, 0.2) is 28.4 Å². The van der Waals surface area contributed by atoms with Gasteiger partial charge >= 0.3 is 0 Å². The Hall–Kier alpha value is -0.980. The highest BCUT2D eigenvalue weighted by Crippen LogP contribution is 2.50. The second-order valence-corrected chi connectivity index (χ2v) is 5.87. The van der Waals surface area contributed by atoms with Crippen LogP contribution in [0.2, 0.25) is 0 Å². The minimum Gasteiger partial charge on any atom is -0.468 e. The molecule has 0 fully saturated rings. The zero-order chi connectivity index (χ0) is 11.9. The van der Waals surface area contributed by atoms with Crippen molar-refractivity contribution in [2.75, 3.05) is 0 Å². The Morgan fingerprint density at radius 2 is 2.00 bits per heavy atom. The first kappa shape index (κ1) is 11.5. The van der Waals surface area contributed by atoms with Gasteiger partial charge in [0.05, 0.1) is 6.26 Å². The Labute approximate surface area is 98.5 Å². The molecule has 1 aliphatic rings. The molecule has 1 aliphatic carbocycles. The van der Waals surface area contributed by atoms with Crippen LogP contribution in [0.5, 0.6) is 0 Å². The predicted molar refractivity (Wildman–Crippen MR) is 67.5 cm³/mol. The first-order valence-electron chi connectivity index (χ1n) is 6.14. The van der Waals surface area contributed by atoms with Gasteiger partial charge in [0.25, 0.3) is 0 Å². The molecule has 1 aromatic heterocycles. The van der Waals surface area contributed by atoms with E-state index in [1.807, 2.05) is 6.26 Å². The molecule has 0 saturated carbocycles. The maximum absolute atomic E-state index is 5.72. The standard InChI is InChI=1S/C15H22O/c1-10-8-13(16-9-10)14-11(2)6-7-12(3)15(14,4)5/h6,8-9,12,14H,7H2,1-5H3/t12-,14-/m1/s1. The lowest BCUT2D eigenvalue weighted by Gasteiger charge is -2.42. The molecule has 2 atom stereocenters. The van der Waals surface area contributed by atoms with Crippen molar-refractivity contribution >= 4 is 0 Å². The van der Waals surface area contributed by atoms with Crippen molar-refractivity contribution in [1.29, 1.82) is 0 Å². The SMILES string of the molecule is CC1=CC[C@@H](C)C(C)(C)[C@H]1c1cc(C)co1. The van der Waals surface area contributed by atoms with Gasteiger partial charge < -0.3 is 4.42 Å². The third-order valence-electron chi connectivity index (χ3n) is 4.30. The Bertz CT molecular complexity index is 409. The third-order valence-corrected chi connectivity index (χ3v) is 4.30. The van der Waals surface area contributed by atoms with Gasteiger partial charge in [-0.25, -0.2) is 0 Å². The smallest absolute Gasteiger partial charge is 0.111 e. The summed E-state index contributed by atoms with van der Waals surface area (Å²) >= 11 is 0. The first-order valence-corrected chi connectivity index (χ1v) is 6.14. The minimum atomic E-state index is 0.281. The van der Waals surface area contributed by atoms with Gasteiger partial charge in [-0.05, 0) is 43.2 Å². The third kappa shape index (κ3) is 1.73. The summed E-state index contributed by atoms with van der Waals surface area (Å²) in [6.07, 6.45) is 5.42. The van der Waals surface area contributed by atoms with E-state index in [1.54, 1.807) is 0 Å². The Kier molecular flexibility index (Phi) is 2.73. The van der Waals surface area contributed by atoms with Crippen molar-refractivity contribution in [3.05, 3.63) is 35.3 Å². The zero-order valence-corrected chi connectivity index (χ0v) is 11.0. The number of allylic oxidation sites excluding steroid dienone is 2. The molecule has 1 aromatic rings. The van der Waals surface area contributed by atoms with Crippen LogP contribution >= 0.6 is 0 Å². The zero-order valence-electron chi connectivity index (χ0n) is 11.0. The fraction of sp³-hybridized carbons (Fsp3) is 0.600. The molecule has 16 heavy (non-hydrogen) atoms. The summed E-state index contributed by atoms with van der Waals surface area (Å²) in [5, 5.41) is 0. The lowest BCUT2D eigenvalue weighted by molar-refractivity contribution is 0.169. The number of rotatable bonds is 1. The number of hydrogen-bond acceptors (Lipinski definition) is 1. The molecule has 1 nitrogen and oxygen atoms in total. The van der Waals surface area contributed by atoms with Crippen molar-refractivity contribution in [3.8, 4) is 0 Å². The predicted octanol–water partition coefficient (Wildman–Crippen LogP) is 4.68. The molecule has 0 amide bonds. The normalized spacial score (nSPS) is 28.9. The first-order chi connectivity index (χ1) is 7.43. The molecule has 2 rings (SSSR count). The van der Waals surface area contributed by atoms with E-state index in [1.165, 1.54) is 17.6 Å². The highest BCUT2D eigenvalue weighted by atomic mass is 16.3. The lowest BCUT2D eigenvalue weighted by atomic mass is 9.62. The maximum Gasteiger partial charge on any atom is 0.111 e. The van der Waals surface area contributed by atoms with E-state index in [2.05, 4.69) is 46.8 Å². The Morgan fingerprint density at radius 1 is 1.31 bits per heavy atom. The highest BCUT2D eigenvalue weighted by molar-refractivity contribution is 5.29. The quantitative estimate of drug-likeness (QED) is 0.623. The van der Waals surface area contributed by atoms with Crippen LogP contribution in [0.3, 0.4) is 0 Å². The lowest BCUT2D eigenvalue weighted by Crippen LogP contribution is -2.32. The van der Waals surface area contributed by atoms with Crippen molar-refractivity contribution < 1.29 is 4.42 Å². The van der Waals surface area contributed by atoms with Gasteiger partial charge in [-0.2, -0.15) is 0 Å². The number of furan rings is 1. The monoisotopic (exact) mass is 218 g/mol. The summed E-state index contributed by atoms with van der Waals surface area (Å²) in [6.45, 7) is 11.4. The van der Waals surface area contributed by atoms with Gasteiger partial charge in [0.2, 0.25) is 0 Å². The molecule has 1 heteroatoms. The molecule has 0 N–H and O–H groups in total. The van der Waals surface area contributed by atoms with E-state index in [0.29, 0.717) is 11.8 Å². The fourth-order valence-corrected chi connectivity index (χ4v) is 2.85.